The smallest absolute Gasteiger partial charge is 0.131 e. The van der Waals surface area contributed by atoms with E-state index in [0.717, 1.165) is 16.9 Å². The Kier molecular flexibility index (Phi) is 2.44. The average Bonchev–Trinajstić information content (AvgIpc) is 2.97. The predicted octanol–water partition coefficient (Wildman–Crippen LogP) is 2.99. The number of hydrogen-bond acceptors (Lipinski definition) is 2. The van der Waals surface area contributed by atoms with Crippen molar-refractivity contribution in [2.24, 2.45) is 0 Å². The van der Waals surface area contributed by atoms with Gasteiger partial charge in [-0.3, -0.25) is 4.68 Å². The largest absolute Gasteiger partial charge is 0.340 e. The molecule has 4 heteroatoms. The molecule has 1 aromatic carbocycles. The average molecular weight is 240 g/mol. The van der Waals surface area contributed by atoms with E-state index in [9.17, 15) is 0 Å². The number of fused-ring (bicyclic) bond motifs is 1. The zero-order valence-corrected chi connectivity index (χ0v) is 10.8. The number of H-pyrrole nitrogens is 1. The zero-order chi connectivity index (χ0) is 12.7. The Hall–Kier alpha value is -2.10. The molecule has 0 aliphatic heterocycles. The van der Waals surface area contributed by atoms with Crippen molar-refractivity contribution in [3.8, 4) is 0 Å². The van der Waals surface area contributed by atoms with Crippen LogP contribution in [0.25, 0.3) is 11.0 Å². The summed E-state index contributed by atoms with van der Waals surface area (Å²) in [6.45, 7) is 6.32. The minimum Gasteiger partial charge on any atom is -0.340 e. The highest BCUT2D eigenvalue weighted by atomic mass is 15.3. The van der Waals surface area contributed by atoms with Crippen LogP contribution in [0.2, 0.25) is 0 Å². The van der Waals surface area contributed by atoms with E-state index >= 15 is 0 Å². The predicted molar refractivity (Wildman–Crippen MR) is 71.6 cm³/mol. The second-order valence-electron chi connectivity index (χ2n) is 4.74. The first-order valence-electron chi connectivity index (χ1n) is 6.11. The second-order valence-corrected chi connectivity index (χ2v) is 4.74. The van der Waals surface area contributed by atoms with E-state index in [2.05, 4.69) is 48.0 Å². The van der Waals surface area contributed by atoms with Gasteiger partial charge in [0.2, 0.25) is 0 Å². The van der Waals surface area contributed by atoms with Gasteiger partial charge in [-0.2, -0.15) is 5.10 Å². The van der Waals surface area contributed by atoms with Gasteiger partial charge in [-0.1, -0.05) is 0 Å². The molecule has 4 nitrogen and oxygen atoms in total. The maximum Gasteiger partial charge on any atom is 0.131 e. The standard InChI is InChI=1S/C14H16N4/c1-9-7-12-13(8-10(9)2)17-14(16-12)11(3)18-6-4-5-15-18/h4-8,11H,1-3H3,(H,16,17). The fourth-order valence-electron chi connectivity index (χ4n) is 2.12. The third-order valence-corrected chi connectivity index (χ3v) is 3.43. The number of aryl methyl sites for hydroxylation is 2. The lowest BCUT2D eigenvalue weighted by molar-refractivity contribution is 0.542. The molecule has 3 rings (SSSR count). The van der Waals surface area contributed by atoms with E-state index in [1.165, 1.54) is 11.1 Å². The topological polar surface area (TPSA) is 46.5 Å². The van der Waals surface area contributed by atoms with Crippen molar-refractivity contribution in [2.45, 2.75) is 26.8 Å². The lowest BCUT2D eigenvalue weighted by atomic mass is 10.1. The fraction of sp³-hybridized carbons (Fsp3) is 0.286. The van der Waals surface area contributed by atoms with E-state index in [4.69, 9.17) is 0 Å². The van der Waals surface area contributed by atoms with Crippen LogP contribution in [0.5, 0.6) is 0 Å². The van der Waals surface area contributed by atoms with Gasteiger partial charge < -0.3 is 4.98 Å². The molecule has 0 saturated carbocycles. The summed E-state index contributed by atoms with van der Waals surface area (Å²) in [7, 11) is 0. The van der Waals surface area contributed by atoms with Crippen molar-refractivity contribution in [1.29, 1.82) is 0 Å². The fourth-order valence-corrected chi connectivity index (χ4v) is 2.12. The third-order valence-electron chi connectivity index (χ3n) is 3.43. The number of aromatic amines is 1. The van der Waals surface area contributed by atoms with Crippen LogP contribution >= 0.6 is 0 Å². The molecule has 0 spiro atoms. The van der Waals surface area contributed by atoms with Gasteiger partial charge in [-0.15, -0.1) is 0 Å². The number of nitrogens with zero attached hydrogens (tertiary/aromatic N) is 3. The molecular formula is C14H16N4. The molecule has 0 aliphatic rings. The van der Waals surface area contributed by atoms with E-state index in [0.29, 0.717) is 0 Å². The van der Waals surface area contributed by atoms with Gasteiger partial charge in [0.15, 0.2) is 0 Å². The summed E-state index contributed by atoms with van der Waals surface area (Å²) in [5.41, 5.74) is 4.66. The molecule has 0 aliphatic carbocycles. The molecule has 18 heavy (non-hydrogen) atoms. The Balaban J connectivity index is 2.08. The van der Waals surface area contributed by atoms with Crippen LogP contribution < -0.4 is 0 Å². The summed E-state index contributed by atoms with van der Waals surface area (Å²) in [4.78, 5) is 8.03. The van der Waals surface area contributed by atoms with Gasteiger partial charge in [0.1, 0.15) is 11.9 Å². The van der Waals surface area contributed by atoms with Crippen LogP contribution in [0.3, 0.4) is 0 Å². The number of benzene rings is 1. The van der Waals surface area contributed by atoms with Crippen LogP contribution in [-0.2, 0) is 0 Å². The maximum absolute atomic E-state index is 4.65. The molecular weight excluding hydrogens is 224 g/mol. The summed E-state index contributed by atoms with van der Waals surface area (Å²) in [5, 5.41) is 4.25. The zero-order valence-electron chi connectivity index (χ0n) is 10.8. The van der Waals surface area contributed by atoms with Crippen molar-refractivity contribution in [2.75, 3.05) is 0 Å². The van der Waals surface area contributed by atoms with Crippen molar-refractivity contribution in [3.63, 3.8) is 0 Å². The molecule has 2 heterocycles. The molecule has 92 valence electrons. The molecule has 1 N–H and O–H groups in total. The summed E-state index contributed by atoms with van der Waals surface area (Å²) in [6, 6.07) is 6.32. The minimum absolute atomic E-state index is 0.119. The highest BCUT2D eigenvalue weighted by Crippen LogP contribution is 2.21. The Morgan fingerprint density at radius 2 is 2.00 bits per heavy atom. The van der Waals surface area contributed by atoms with Crippen LogP contribution in [-0.4, -0.2) is 19.7 Å². The number of nitrogens with one attached hydrogen (secondary N) is 1. The number of aromatic nitrogens is 4. The first-order chi connectivity index (χ1) is 8.65. The number of hydrogen-bond donors (Lipinski definition) is 1. The summed E-state index contributed by atoms with van der Waals surface area (Å²) in [6.07, 6.45) is 3.74. The van der Waals surface area contributed by atoms with E-state index in [1.807, 2.05) is 16.9 Å². The monoisotopic (exact) mass is 240 g/mol. The molecule has 0 saturated heterocycles. The van der Waals surface area contributed by atoms with Crippen molar-refractivity contribution in [3.05, 3.63) is 47.5 Å². The van der Waals surface area contributed by atoms with Crippen molar-refractivity contribution < 1.29 is 0 Å². The van der Waals surface area contributed by atoms with Crippen molar-refractivity contribution in [1.82, 2.24) is 19.7 Å². The van der Waals surface area contributed by atoms with Crippen LogP contribution in [0.4, 0.5) is 0 Å². The molecule has 1 unspecified atom stereocenters. The van der Waals surface area contributed by atoms with Gasteiger partial charge >= 0.3 is 0 Å². The molecule has 0 radical (unpaired) electrons. The number of imidazole rings is 1. The van der Waals surface area contributed by atoms with E-state index in [-0.39, 0.29) is 6.04 Å². The highest BCUT2D eigenvalue weighted by Gasteiger charge is 2.13. The second kappa shape index (κ2) is 3.98. The third kappa shape index (κ3) is 1.70. The first kappa shape index (κ1) is 11.0. The van der Waals surface area contributed by atoms with Crippen LogP contribution in [0.15, 0.2) is 30.6 Å². The Morgan fingerprint density at radius 1 is 1.22 bits per heavy atom. The molecule has 2 aromatic heterocycles. The first-order valence-corrected chi connectivity index (χ1v) is 6.11. The van der Waals surface area contributed by atoms with E-state index in [1.54, 1.807) is 6.20 Å². The molecule has 1 atom stereocenters. The number of rotatable bonds is 2. The van der Waals surface area contributed by atoms with Gasteiger partial charge in [-0.25, -0.2) is 4.98 Å². The Labute approximate surface area is 106 Å². The minimum atomic E-state index is 0.119. The lowest BCUT2D eigenvalue weighted by Crippen LogP contribution is -2.08. The van der Waals surface area contributed by atoms with Crippen LogP contribution in [0.1, 0.15) is 29.9 Å². The quantitative estimate of drug-likeness (QED) is 0.748. The Bertz CT molecular complexity index is 640. The van der Waals surface area contributed by atoms with Gasteiger partial charge in [0.05, 0.1) is 11.0 Å². The highest BCUT2D eigenvalue weighted by molar-refractivity contribution is 5.77. The molecule has 0 bridgehead atoms. The van der Waals surface area contributed by atoms with Gasteiger partial charge in [0, 0.05) is 12.4 Å². The van der Waals surface area contributed by atoms with Gasteiger partial charge in [0.25, 0.3) is 0 Å². The van der Waals surface area contributed by atoms with Gasteiger partial charge in [-0.05, 0) is 50.1 Å². The van der Waals surface area contributed by atoms with E-state index < -0.39 is 0 Å². The lowest BCUT2D eigenvalue weighted by Gasteiger charge is -2.08. The summed E-state index contributed by atoms with van der Waals surface area (Å²) in [5.74, 6) is 0.943. The SMILES string of the molecule is Cc1cc2nc(C(C)n3cccn3)[nH]c2cc1C. The summed E-state index contributed by atoms with van der Waals surface area (Å²) < 4.78 is 1.90. The molecule has 3 aromatic rings. The summed E-state index contributed by atoms with van der Waals surface area (Å²) >= 11 is 0. The maximum atomic E-state index is 4.65. The Morgan fingerprint density at radius 3 is 2.72 bits per heavy atom. The van der Waals surface area contributed by atoms with Crippen molar-refractivity contribution >= 4 is 11.0 Å². The molecule has 0 amide bonds. The molecule has 0 fully saturated rings. The van der Waals surface area contributed by atoms with Crippen LogP contribution in [0, 0.1) is 13.8 Å². The normalized spacial score (nSPS) is 13.1.